The summed E-state index contributed by atoms with van der Waals surface area (Å²) >= 11 is 0. The lowest BCUT2D eigenvalue weighted by atomic mass is 9.74. The molecule has 0 heterocycles. The number of ether oxygens (including phenoxy) is 2. The second kappa shape index (κ2) is 6.97. The summed E-state index contributed by atoms with van der Waals surface area (Å²) in [6.45, 7) is 4.97. The lowest BCUT2D eigenvalue weighted by Gasteiger charge is -2.31. The van der Waals surface area contributed by atoms with Gasteiger partial charge in [0.1, 0.15) is 22.8 Å². The molecule has 0 aromatic heterocycles. The van der Waals surface area contributed by atoms with E-state index in [1.165, 1.54) is 13.2 Å². The zero-order chi connectivity index (χ0) is 18.8. The van der Waals surface area contributed by atoms with Crippen LogP contribution in [0.25, 0.3) is 6.08 Å². The van der Waals surface area contributed by atoms with Crippen LogP contribution in [0.4, 0.5) is 0 Å². The summed E-state index contributed by atoms with van der Waals surface area (Å²) in [5.74, 6) is -0.319. The van der Waals surface area contributed by atoms with Crippen molar-refractivity contribution in [2.24, 2.45) is 5.41 Å². The van der Waals surface area contributed by atoms with Crippen molar-refractivity contribution >= 4 is 17.6 Å². The van der Waals surface area contributed by atoms with Gasteiger partial charge in [-0.1, -0.05) is 18.2 Å². The van der Waals surface area contributed by atoms with E-state index in [1.54, 1.807) is 58.2 Å². The van der Waals surface area contributed by atoms with Crippen molar-refractivity contribution in [2.45, 2.75) is 20.8 Å². The number of allylic oxidation sites excluding steroid dienone is 4. The molecule has 0 radical (unpaired) electrons. The fourth-order valence-electron chi connectivity index (χ4n) is 2.92. The lowest BCUT2D eigenvalue weighted by Crippen LogP contribution is -2.36. The van der Waals surface area contributed by atoms with Crippen molar-refractivity contribution in [1.82, 2.24) is 0 Å². The van der Waals surface area contributed by atoms with Gasteiger partial charge in [0.2, 0.25) is 0 Å². The zero-order valence-electron chi connectivity index (χ0n) is 15.0. The number of aliphatic hydroxyl groups excluding tert-OH is 1. The number of Topliss-reactive ketones (excluding diaryl/α,β-unsaturated/α-hetero) is 1. The number of benzene rings is 1. The SMILES string of the molecule is COC1=C(C)C(O)=C(C(=O)/C=C/c2cccc(OC)c2)C(=O)C1(C)C. The molecule has 1 N–H and O–H groups in total. The van der Waals surface area contributed by atoms with E-state index in [-0.39, 0.29) is 11.3 Å². The van der Waals surface area contributed by atoms with Gasteiger partial charge in [-0.3, -0.25) is 9.59 Å². The second-order valence-corrected chi connectivity index (χ2v) is 6.31. The molecule has 132 valence electrons. The highest BCUT2D eigenvalue weighted by Gasteiger charge is 2.44. The van der Waals surface area contributed by atoms with Crippen LogP contribution >= 0.6 is 0 Å². The highest BCUT2D eigenvalue weighted by Crippen LogP contribution is 2.40. The number of hydrogen-bond acceptors (Lipinski definition) is 5. The minimum absolute atomic E-state index is 0.220. The van der Waals surface area contributed by atoms with Gasteiger partial charge >= 0.3 is 0 Å². The summed E-state index contributed by atoms with van der Waals surface area (Å²) in [6.07, 6.45) is 2.86. The Morgan fingerprint density at radius 1 is 1.20 bits per heavy atom. The first-order valence-corrected chi connectivity index (χ1v) is 7.84. The first-order chi connectivity index (χ1) is 11.7. The molecule has 0 spiro atoms. The Hall–Kier alpha value is -2.82. The molecular weight excluding hydrogens is 320 g/mol. The quantitative estimate of drug-likeness (QED) is 0.653. The topological polar surface area (TPSA) is 72.8 Å². The van der Waals surface area contributed by atoms with Crippen LogP contribution in [0.3, 0.4) is 0 Å². The molecule has 0 fully saturated rings. The van der Waals surface area contributed by atoms with E-state index in [1.807, 2.05) is 0 Å². The molecule has 0 saturated carbocycles. The third kappa shape index (κ3) is 3.36. The first-order valence-electron chi connectivity index (χ1n) is 7.84. The number of rotatable bonds is 5. The summed E-state index contributed by atoms with van der Waals surface area (Å²) in [6, 6.07) is 7.16. The van der Waals surface area contributed by atoms with Gasteiger partial charge in [-0.05, 0) is 44.5 Å². The molecule has 5 nitrogen and oxygen atoms in total. The zero-order valence-corrected chi connectivity index (χ0v) is 15.0. The van der Waals surface area contributed by atoms with E-state index in [9.17, 15) is 14.7 Å². The Morgan fingerprint density at radius 3 is 2.48 bits per heavy atom. The van der Waals surface area contributed by atoms with E-state index < -0.39 is 17.0 Å². The van der Waals surface area contributed by atoms with Gasteiger partial charge in [0, 0.05) is 5.57 Å². The van der Waals surface area contributed by atoms with Crippen molar-refractivity contribution in [3.05, 3.63) is 58.6 Å². The average Bonchev–Trinajstić information content (AvgIpc) is 2.59. The Morgan fingerprint density at radius 2 is 1.88 bits per heavy atom. The van der Waals surface area contributed by atoms with Crippen molar-refractivity contribution in [1.29, 1.82) is 0 Å². The maximum Gasteiger partial charge on any atom is 0.193 e. The number of hydrogen-bond donors (Lipinski definition) is 1. The molecule has 1 aromatic rings. The normalized spacial score (nSPS) is 17.2. The molecule has 0 amide bonds. The Kier molecular flexibility index (Phi) is 5.16. The Bertz CT molecular complexity index is 809. The third-order valence-corrected chi connectivity index (χ3v) is 4.27. The molecule has 0 bridgehead atoms. The lowest BCUT2D eigenvalue weighted by molar-refractivity contribution is -0.126. The van der Waals surface area contributed by atoms with Crippen LogP contribution in [0.2, 0.25) is 0 Å². The van der Waals surface area contributed by atoms with Crippen LogP contribution in [0, 0.1) is 5.41 Å². The minimum Gasteiger partial charge on any atom is -0.507 e. The van der Waals surface area contributed by atoms with Gasteiger partial charge in [-0.25, -0.2) is 0 Å². The van der Waals surface area contributed by atoms with Gasteiger partial charge in [0.05, 0.1) is 19.6 Å². The largest absolute Gasteiger partial charge is 0.507 e. The van der Waals surface area contributed by atoms with E-state index in [2.05, 4.69) is 0 Å². The third-order valence-electron chi connectivity index (χ3n) is 4.27. The second-order valence-electron chi connectivity index (χ2n) is 6.31. The maximum atomic E-state index is 12.7. The molecule has 2 rings (SSSR count). The van der Waals surface area contributed by atoms with Gasteiger partial charge in [0.15, 0.2) is 11.6 Å². The molecular formula is C20H22O5. The van der Waals surface area contributed by atoms with Gasteiger partial charge in [0.25, 0.3) is 0 Å². The van der Waals surface area contributed by atoms with Crippen LogP contribution < -0.4 is 4.74 Å². The number of carbonyl (C=O) groups excluding carboxylic acids is 2. The van der Waals surface area contributed by atoms with Crippen LogP contribution in [-0.4, -0.2) is 30.9 Å². The van der Waals surface area contributed by atoms with Gasteiger partial charge in [-0.2, -0.15) is 0 Å². The Labute approximate surface area is 147 Å². The Balaban J connectivity index is 2.40. The number of aliphatic hydroxyl groups is 1. The maximum absolute atomic E-state index is 12.7. The smallest absolute Gasteiger partial charge is 0.193 e. The fraction of sp³-hybridized carbons (Fsp3) is 0.300. The molecule has 1 aromatic carbocycles. The van der Waals surface area contributed by atoms with Gasteiger partial charge < -0.3 is 14.6 Å². The summed E-state index contributed by atoms with van der Waals surface area (Å²) in [5, 5.41) is 10.3. The van der Waals surface area contributed by atoms with Crippen molar-refractivity contribution in [2.75, 3.05) is 14.2 Å². The van der Waals surface area contributed by atoms with Crippen LogP contribution in [-0.2, 0) is 14.3 Å². The van der Waals surface area contributed by atoms with Crippen molar-refractivity contribution < 1.29 is 24.2 Å². The highest BCUT2D eigenvalue weighted by molar-refractivity contribution is 6.28. The molecule has 1 aliphatic rings. The molecule has 0 saturated heterocycles. The standard InChI is InChI=1S/C20H22O5/c1-12-17(22)16(18(23)20(2,3)19(12)25-5)15(21)10-9-13-7-6-8-14(11-13)24-4/h6-11,22H,1-5H3/b10-9+. The average molecular weight is 342 g/mol. The summed E-state index contributed by atoms with van der Waals surface area (Å²) in [7, 11) is 3.00. The number of ketones is 2. The monoisotopic (exact) mass is 342 g/mol. The molecule has 1 aliphatic carbocycles. The van der Waals surface area contributed by atoms with Gasteiger partial charge in [-0.15, -0.1) is 0 Å². The predicted molar refractivity (Wildman–Crippen MR) is 95.2 cm³/mol. The minimum atomic E-state index is -1.01. The van der Waals surface area contributed by atoms with Crippen molar-refractivity contribution in [3.63, 3.8) is 0 Å². The van der Waals surface area contributed by atoms with E-state index in [4.69, 9.17) is 9.47 Å². The molecule has 0 aliphatic heterocycles. The van der Waals surface area contributed by atoms with E-state index in [0.29, 0.717) is 17.1 Å². The fourth-order valence-corrected chi connectivity index (χ4v) is 2.92. The number of carbonyl (C=O) groups is 2. The predicted octanol–water partition coefficient (Wildman–Crippen LogP) is 3.62. The van der Waals surface area contributed by atoms with Crippen LogP contribution in [0.1, 0.15) is 26.3 Å². The van der Waals surface area contributed by atoms with Crippen LogP contribution in [0.5, 0.6) is 5.75 Å². The molecule has 5 heteroatoms. The van der Waals surface area contributed by atoms with E-state index in [0.717, 1.165) is 5.56 Å². The first kappa shape index (κ1) is 18.5. The summed E-state index contributed by atoms with van der Waals surface area (Å²) < 4.78 is 10.4. The molecule has 0 unspecified atom stereocenters. The molecule has 0 atom stereocenters. The van der Waals surface area contributed by atoms with Crippen LogP contribution in [0.15, 0.2) is 53.0 Å². The summed E-state index contributed by atoms with van der Waals surface area (Å²) in [5.41, 5.74) is -0.0901. The van der Waals surface area contributed by atoms with E-state index >= 15 is 0 Å². The highest BCUT2D eigenvalue weighted by atomic mass is 16.5. The summed E-state index contributed by atoms with van der Waals surface area (Å²) in [4.78, 5) is 25.3. The number of methoxy groups -OCH3 is 2. The van der Waals surface area contributed by atoms with Crippen molar-refractivity contribution in [3.8, 4) is 5.75 Å². The molecule has 25 heavy (non-hydrogen) atoms.